The van der Waals surface area contributed by atoms with Crippen molar-refractivity contribution in [2.75, 3.05) is 0 Å². The van der Waals surface area contributed by atoms with Crippen LogP contribution in [0.2, 0.25) is 0 Å². The van der Waals surface area contributed by atoms with Gasteiger partial charge in [-0.1, -0.05) is 53.2 Å². The molecule has 2 heteroatoms. The molecule has 0 bridgehead atoms. The first-order valence-corrected chi connectivity index (χ1v) is 5.36. The van der Waals surface area contributed by atoms with Crippen molar-refractivity contribution in [2.24, 2.45) is 10.8 Å². The predicted octanol–water partition coefficient (Wildman–Crippen LogP) is 3.98. The highest BCUT2D eigenvalue weighted by atomic mass is 14.3. The molecule has 0 aliphatic carbocycles. The summed E-state index contributed by atoms with van der Waals surface area (Å²) >= 11 is 0. The van der Waals surface area contributed by atoms with Gasteiger partial charge in [-0.15, -0.1) is 0 Å². The van der Waals surface area contributed by atoms with Crippen LogP contribution in [0.25, 0.3) is 0 Å². The van der Waals surface area contributed by atoms with Crippen LogP contribution in [-0.4, -0.2) is 0 Å². The van der Waals surface area contributed by atoms with E-state index in [1.165, 1.54) is 5.57 Å². The fraction of sp³-hybridized carbons (Fsp3) is 0.571. The third-order valence-electron chi connectivity index (χ3n) is 2.27. The summed E-state index contributed by atoms with van der Waals surface area (Å²) in [5.41, 5.74) is 1.43. The van der Waals surface area contributed by atoms with Crippen molar-refractivity contribution in [1.82, 2.24) is 0 Å². The molecule has 0 aromatic carbocycles. The molecule has 2 nitrogen and oxygen atoms in total. The number of allylic oxidation sites excluding steroid dienone is 4. The van der Waals surface area contributed by atoms with Gasteiger partial charge < -0.3 is 0 Å². The minimum atomic E-state index is 0.0325. The number of rotatable bonds is 1. The maximum atomic E-state index is 8.67. The van der Waals surface area contributed by atoms with E-state index in [9.17, 15) is 0 Å². The molecule has 0 aromatic rings. The lowest BCUT2D eigenvalue weighted by molar-refractivity contribution is 0.362. The summed E-state index contributed by atoms with van der Waals surface area (Å²) in [6.45, 7) is 12.8. The van der Waals surface area contributed by atoms with E-state index in [1.54, 1.807) is 6.08 Å². The molecule has 0 N–H and O–H groups in total. The number of nitriles is 2. The highest BCUT2D eigenvalue weighted by Gasteiger charge is 2.27. The Morgan fingerprint density at radius 3 is 1.44 bits per heavy atom. The quantitative estimate of drug-likeness (QED) is 0.491. The first-order valence-electron chi connectivity index (χ1n) is 5.36. The van der Waals surface area contributed by atoms with Gasteiger partial charge in [0.1, 0.15) is 17.7 Å². The van der Waals surface area contributed by atoms with Gasteiger partial charge in [-0.2, -0.15) is 10.5 Å². The summed E-state index contributed by atoms with van der Waals surface area (Å²) in [6.07, 6.45) is 3.51. The van der Waals surface area contributed by atoms with Gasteiger partial charge in [-0.05, 0) is 16.9 Å². The summed E-state index contributed by atoms with van der Waals surface area (Å²) in [6, 6.07) is 3.73. The van der Waals surface area contributed by atoms with Gasteiger partial charge in [0, 0.05) is 0 Å². The van der Waals surface area contributed by atoms with Gasteiger partial charge in [0.15, 0.2) is 0 Å². The van der Waals surface area contributed by atoms with Gasteiger partial charge in [-0.25, -0.2) is 0 Å². The molecule has 0 amide bonds. The molecule has 0 fully saturated rings. The van der Waals surface area contributed by atoms with Crippen LogP contribution in [-0.2, 0) is 0 Å². The van der Waals surface area contributed by atoms with E-state index in [-0.39, 0.29) is 16.4 Å². The van der Waals surface area contributed by atoms with Crippen LogP contribution >= 0.6 is 0 Å². The van der Waals surface area contributed by atoms with E-state index in [2.05, 4.69) is 41.5 Å². The molecule has 0 spiro atoms. The van der Waals surface area contributed by atoms with Crippen molar-refractivity contribution >= 4 is 0 Å². The molecule has 0 aromatic heterocycles. The Morgan fingerprint density at radius 1 is 0.812 bits per heavy atom. The van der Waals surface area contributed by atoms with Crippen molar-refractivity contribution in [3.8, 4) is 12.1 Å². The summed E-state index contributed by atoms with van der Waals surface area (Å²) in [4.78, 5) is 0. The van der Waals surface area contributed by atoms with Crippen LogP contribution < -0.4 is 0 Å². The number of hydrogen-bond donors (Lipinski definition) is 0. The van der Waals surface area contributed by atoms with Crippen molar-refractivity contribution in [1.29, 1.82) is 10.5 Å². The second kappa shape index (κ2) is 4.99. The SMILES string of the molecule is CC(C)(C)C(=CC=C(C#N)C#N)C(C)(C)C. The molecular formula is C14H20N2. The van der Waals surface area contributed by atoms with Crippen LogP contribution in [0.1, 0.15) is 41.5 Å². The van der Waals surface area contributed by atoms with Crippen LogP contribution in [0, 0.1) is 33.5 Å². The third kappa shape index (κ3) is 4.32. The minimum Gasteiger partial charge on any atom is -0.192 e. The zero-order valence-electron chi connectivity index (χ0n) is 11.0. The smallest absolute Gasteiger partial charge is 0.129 e. The molecule has 0 aliphatic heterocycles. The lowest BCUT2D eigenvalue weighted by Gasteiger charge is -2.33. The topological polar surface area (TPSA) is 47.6 Å². The van der Waals surface area contributed by atoms with Gasteiger partial charge >= 0.3 is 0 Å². The van der Waals surface area contributed by atoms with E-state index in [0.29, 0.717) is 0 Å². The lowest BCUT2D eigenvalue weighted by Crippen LogP contribution is -2.22. The monoisotopic (exact) mass is 216 g/mol. The van der Waals surface area contributed by atoms with E-state index >= 15 is 0 Å². The second-order valence-corrected chi connectivity index (χ2v) is 5.88. The Morgan fingerprint density at radius 2 is 1.19 bits per heavy atom. The molecule has 0 heterocycles. The fourth-order valence-corrected chi connectivity index (χ4v) is 1.89. The lowest BCUT2D eigenvalue weighted by atomic mass is 9.72. The molecule has 16 heavy (non-hydrogen) atoms. The average molecular weight is 216 g/mol. The van der Waals surface area contributed by atoms with Gasteiger partial charge in [0.2, 0.25) is 0 Å². The Bertz CT molecular complexity index is 352. The van der Waals surface area contributed by atoms with Crippen molar-refractivity contribution < 1.29 is 0 Å². The molecular weight excluding hydrogens is 196 g/mol. The van der Waals surface area contributed by atoms with Gasteiger partial charge in [-0.3, -0.25) is 0 Å². The number of hydrogen-bond acceptors (Lipinski definition) is 2. The summed E-state index contributed by atoms with van der Waals surface area (Å²) < 4.78 is 0. The fourth-order valence-electron chi connectivity index (χ4n) is 1.89. The summed E-state index contributed by atoms with van der Waals surface area (Å²) in [7, 11) is 0. The zero-order chi connectivity index (χ0) is 13.0. The molecule has 0 rings (SSSR count). The van der Waals surface area contributed by atoms with Gasteiger partial charge in [0.05, 0.1) is 0 Å². The van der Waals surface area contributed by atoms with E-state index < -0.39 is 0 Å². The average Bonchev–Trinajstić information content (AvgIpc) is 2.08. The Kier molecular flexibility index (Phi) is 4.51. The van der Waals surface area contributed by atoms with Crippen molar-refractivity contribution in [3.05, 3.63) is 23.3 Å². The molecule has 0 aliphatic rings. The first-order chi connectivity index (χ1) is 7.12. The molecule has 0 radical (unpaired) electrons. The molecule has 0 saturated carbocycles. The maximum absolute atomic E-state index is 8.67. The third-order valence-corrected chi connectivity index (χ3v) is 2.27. The zero-order valence-corrected chi connectivity index (χ0v) is 11.0. The van der Waals surface area contributed by atoms with E-state index in [4.69, 9.17) is 10.5 Å². The number of nitrogens with zero attached hydrogens (tertiary/aromatic N) is 2. The predicted molar refractivity (Wildman–Crippen MR) is 66.3 cm³/mol. The van der Waals surface area contributed by atoms with Crippen molar-refractivity contribution in [3.63, 3.8) is 0 Å². The van der Waals surface area contributed by atoms with E-state index in [1.807, 2.05) is 18.2 Å². The second-order valence-electron chi connectivity index (χ2n) is 5.88. The normalized spacial score (nSPS) is 11.0. The highest BCUT2D eigenvalue weighted by molar-refractivity contribution is 5.39. The summed E-state index contributed by atoms with van der Waals surface area (Å²) in [5, 5.41) is 17.3. The highest BCUT2D eigenvalue weighted by Crippen LogP contribution is 2.39. The Labute approximate surface area is 98.9 Å². The molecule has 0 unspecified atom stereocenters. The van der Waals surface area contributed by atoms with Gasteiger partial charge in [0.25, 0.3) is 0 Å². The Balaban J connectivity index is 5.44. The summed E-state index contributed by atoms with van der Waals surface area (Å²) in [5.74, 6) is 0. The maximum Gasteiger partial charge on any atom is 0.129 e. The minimum absolute atomic E-state index is 0.0325. The van der Waals surface area contributed by atoms with Crippen LogP contribution in [0.3, 0.4) is 0 Å². The Hall–Kier alpha value is -1.54. The molecule has 86 valence electrons. The van der Waals surface area contributed by atoms with Crippen LogP contribution in [0.4, 0.5) is 0 Å². The van der Waals surface area contributed by atoms with Crippen molar-refractivity contribution in [2.45, 2.75) is 41.5 Å². The molecule has 0 atom stereocenters. The molecule has 0 saturated heterocycles. The first kappa shape index (κ1) is 14.5. The standard InChI is InChI=1S/C14H20N2/c1-13(2,3)12(14(4,5)6)8-7-11(9-15)10-16/h7-8H,1-6H3. The largest absolute Gasteiger partial charge is 0.192 e. The van der Waals surface area contributed by atoms with E-state index in [0.717, 1.165) is 0 Å². The van der Waals surface area contributed by atoms with Crippen LogP contribution in [0.5, 0.6) is 0 Å². The van der Waals surface area contributed by atoms with Crippen LogP contribution in [0.15, 0.2) is 23.3 Å².